The summed E-state index contributed by atoms with van der Waals surface area (Å²) in [5.74, 6) is -11.0. The number of hydrogen-bond acceptors (Lipinski definition) is 8. The first-order chi connectivity index (χ1) is 10.1. The molecule has 2 rings (SSSR count). The average molecular weight is 306 g/mol. The van der Waals surface area contributed by atoms with Gasteiger partial charge in [-0.2, -0.15) is 0 Å². The topological polar surface area (TPSA) is 146 Å². The first-order valence-electron chi connectivity index (χ1n) is 6.06. The molecule has 1 atom stereocenters. The number of hydrogen-bond donors (Lipinski definition) is 3. The minimum absolute atomic E-state index is 0.769. The Bertz CT molecular complexity index is 787. The van der Waals surface area contributed by atoms with E-state index in [4.69, 9.17) is 0 Å². The highest BCUT2D eigenvalue weighted by atomic mass is 16.3. The minimum atomic E-state index is -1.94. The van der Waals surface area contributed by atoms with Crippen LogP contribution >= 0.6 is 0 Å². The molecule has 0 aromatic heterocycles. The normalized spacial score (nSPS) is 17.4. The molecular weight excluding hydrogens is 296 g/mol. The van der Waals surface area contributed by atoms with E-state index in [9.17, 15) is 39.3 Å². The van der Waals surface area contributed by atoms with Gasteiger partial charge in [-0.25, -0.2) is 0 Å². The number of phenols is 3. The van der Waals surface area contributed by atoms with Crippen molar-refractivity contribution in [3.63, 3.8) is 0 Å². The average Bonchev–Trinajstić information content (AvgIpc) is 2.39. The number of fused-ring (bicyclic) bond motifs is 1. The van der Waals surface area contributed by atoms with Crippen LogP contribution in [0.4, 0.5) is 0 Å². The number of carbonyl (C=O) groups is 5. The second-order valence-electron chi connectivity index (χ2n) is 4.83. The monoisotopic (exact) mass is 306 g/mol. The van der Waals surface area contributed by atoms with E-state index in [1.807, 2.05) is 0 Å². The molecule has 1 aromatic carbocycles. The van der Waals surface area contributed by atoms with Gasteiger partial charge in [-0.3, -0.25) is 24.0 Å². The summed E-state index contributed by atoms with van der Waals surface area (Å²) in [6.45, 7) is 1.87. The molecule has 8 nitrogen and oxygen atoms in total. The van der Waals surface area contributed by atoms with E-state index < -0.39 is 68.8 Å². The highest BCUT2D eigenvalue weighted by molar-refractivity contribution is 6.56. The van der Waals surface area contributed by atoms with Crippen molar-refractivity contribution in [2.24, 2.45) is 5.92 Å². The zero-order valence-electron chi connectivity index (χ0n) is 11.5. The van der Waals surface area contributed by atoms with Crippen LogP contribution in [0.5, 0.6) is 17.2 Å². The van der Waals surface area contributed by atoms with Gasteiger partial charge in [0.2, 0.25) is 11.6 Å². The van der Waals surface area contributed by atoms with Crippen molar-refractivity contribution in [2.75, 3.05) is 0 Å². The second-order valence-corrected chi connectivity index (χ2v) is 4.83. The third kappa shape index (κ3) is 1.80. The summed E-state index contributed by atoms with van der Waals surface area (Å²) in [4.78, 5) is 58.8. The smallest absolute Gasteiger partial charge is 0.234 e. The summed E-state index contributed by atoms with van der Waals surface area (Å²) in [7, 11) is 0. The van der Waals surface area contributed by atoms with Crippen LogP contribution in [0.15, 0.2) is 0 Å². The van der Waals surface area contributed by atoms with E-state index in [1.165, 1.54) is 0 Å². The second kappa shape index (κ2) is 4.76. The first-order valence-corrected chi connectivity index (χ1v) is 6.06. The number of phenolic OH excluding ortho intramolecular Hbond substituents is 3. The quantitative estimate of drug-likeness (QED) is 0.230. The SMILES string of the molecule is CC(=O)c1c(O)c(O)c2c(c1O)C(=O)C(C(C)=O)C(=O)C2=O. The van der Waals surface area contributed by atoms with Gasteiger partial charge >= 0.3 is 0 Å². The van der Waals surface area contributed by atoms with Gasteiger partial charge in [0.05, 0.1) is 11.1 Å². The van der Waals surface area contributed by atoms with E-state index in [0.717, 1.165) is 13.8 Å². The van der Waals surface area contributed by atoms with Crippen LogP contribution in [0.3, 0.4) is 0 Å². The van der Waals surface area contributed by atoms with E-state index in [-0.39, 0.29) is 0 Å². The van der Waals surface area contributed by atoms with E-state index >= 15 is 0 Å². The number of carbonyl (C=O) groups excluding carboxylic acids is 5. The Labute approximate surface area is 123 Å². The molecule has 0 spiro atoms. The number of benzene rings is 1. The van der Waals surface area contributed by atoms with Crippen molar-refractivity contribution < 1.29 is 39.3 Å². The zero-order chi connectivity index (χ0) is 16.9. The molecule has 0 heterocycles. The van der Waals surface area contributed by atoms with Crippen LogP contribution in [0.2, 0.25) is 0 Å². The fraction of sp³-hybridized carbons (Fsp3) is 0.214. The highest BCUT2D eigenvalue weighted by Crippen LogP contribution is 2.45. The minimum Gasteiger partial charge on any atom is -0.506 e. The molecule has 0 saturated carbocycles. The molecule has 0 fully saturated rings. The standard InChI is InChI=1S/C14H10O8/c1-3(15)5-9(17)7-8(13(21)11(5)19)14(22)12(20)6(4(2)16)10(7)18/h5,18,20,22H,1-2H3. The molecule has 1 aromatic rings. The first kappa shape index (κ1) is 15.4. The fourth-order valence-electron chi connectivity index (χ4n) is 2.39. The third-order valence-corrected chi connectivity index (χ3v) is 3.40. The van der Waals surface area contributed by atoms with E-state index in [2.05, 4.69) is 0 Å². The van der Waals surface area contributed by atoms with Crippen LogP contribution < -0.4 is 0 Å². The molecule has 1 aliphatic carbocycles. The van der Waals surface area contributed by atoms with Gasteiger partial charge in [0.25, 0.3) is 0 Å². The highest BCUT2D eigenvalue weighted by Gasteiger charge is 2.47. The summed E-state index contributed by atoms with van der Waals surface area (Å²) in [6.07, 6.45) is 0. The molecule has 0 saturated heterocycles. The molecule has 3 N–H and O–H groups in total. The molecule has 8 heteroatoms. The van der Waals surface area contributed by atoms with Crippen LogP contribution in [0.25, 0.3) is 0 Å². The Balaban J connectivity index is 2.95. The lowest BCUT2D eigenvalue weighted by Gasteiger charge is -2.22. The molecule has 22 heavy (non-hydrogen) atoms. The lowest BCUT2D eigenvalue weighted by molar-refractivity contribution is -0.127. The van der Waals surface area contributed by atoms with Gasteiger partial charge in [0.15, 0.2) is 23.1 Å². The third-order valence-electron chi connectivity index (χ3n) is 3.40. The molecule has 0 radical (unpaired) electrons. The Morgan fingerprint density at radius 3 is 1.82 bits per heavy atom. The maximum Gasteiger partial charge on any atom is 0.234 e. The predicted molar refractivity (Wildman–Crippen MR) is 69.3 cm³/mol. The lowest BCUT2D eigenvalue weighted by Crippen LogP contribution is -2.41. The van der Waals surface area contributed by atoms with Gasteiger partial charge < -0.3 is 15.3 Å². The van der Waals surface area contributed by atoms with Crippen molar-refractivity contribution in [2.45, 2.75) is 13.8 Å². The number of Topliss-reactive ketones (excluding diaryl/α,β-unsaturated/α-hetero) is 5. The maximum atomic E-state index is 12.2. The van der Waals surface area contributed by atoms with E-state index in [1.54, 1.807) is 0 Å². The molecule has 0 aliphatic heterocycles. The van der Waals surface area contributed by atoms with Crippen molar-refractivity contribution in [1.29, 1.82) is 0 Å². The Kier molecular flexibility index (Phi) is 3.32. The summed E-state index contributed by atoms with van der Waals surface area (Å²) in [6, 6.07) is 0. The molecule has 1 unspecified atom stereocenters. The largest absolute Gasteiger partial charge is 0.506 e. The van der Waals surface area contributed by atoms with Crippen LogP contribution in [0.1, 0.15) is 44.9 Å². The molecule has 0 bridgehead atoms. The van der Waals surface area contributed by atoms with Gasteiger partial charge in [0.1, 0.15) is 23.0 Å². The van der Waals surface area contributed by atoms with Crippen molar-refractivity contribution in [3.05, 3.63) is 16.7 Å². The van der Waals surface area contributed by atoms with Crippen LogP contribution in [-0.2, 0) is 9.59 Å². The summed E-state index contributed by atoms with van der Waals surface area (Å²) in [5, 5.41) is 29.5. The molecule has 0 amide bonds. The summed E-state index contributed by atoms with van der Waals surface area (Å²) in [5.41, 5.74) is -2.49. The summed E-state index contributed by atoms with van der Waals surface area (Å²) < 4.78 is 0. The fourth-order valence-corrected chi connectivity index (χ4v) is 2.39. The van der Waals surface area contributed by atoms with Crippen LogP contribution in [-0.4, -0.2) is 44.2 Å². The maximum absolute atomic E-state index is 12.2. The Morgan fingerprint density at radius 2 is 1.36 bits per heavy atom. The van der Waals surface area contributed by atoms with Crippen molar-refractivity contribution >= 4 is 28.9 Å². The van der Waals surface area contributed by atoms with Gasteiger partial charge in [-0.1, -0.05) is 0 Å². The van der Waals surface area contributed by atoms with Gasteiger partial charge in [0, 0.05) is 0 Å². The number of rotatable bonds is 2. The molecule has 1 aliphatic rings. The zero-order valence-corrected chi connectivity index (χ0v) is 11.5. The number of aromatic hydroxyl groups is 3. The van der Waals surface area contributed by atoms with Crippen LogP contribution in [0, 0.1) is 5.92 Å². The Morgan fingerprint density at radius 1 is 0.818 bits per heavy atom. The molecular formula is C14H10O8. The number of ketones is 5. The Hall–Kier alpha value is -3.03. The van der Waals surface area contributed by atoms with E-state index in [0.29, 0.717) is 0 Å². The van der Waals surface area contributed by atoms with Gasteiger partial charge in [-0.05, 0) is 13.8 Å². The molecule has 114 valence electrons. The predicted octanol–water partition coefficient (Wildman–Crippen LogP) is 0.159. The summed E-state index contributed by atoms with van der Waals surface area (Å²) >= 11 is 0. The van der Waals surface area contributed by atoms with Crippen molar-refractivity contribution in [3.8, 4) is 17.2 Å². The van der Waals surface area contributed by atoms with Crippen molar-refractivity contribution in [1.82, 2.24) is 0 Å². The van der Waals surface area contributed by atoms with Gasteiger partial charge in [-0.15, -0.1) is 0 Å². The lowest BCUT2D eigenvalue weighted by atomic mass is 9.77.